The average Bonchev–Trinajstić information content (AvgIpc) is 3.18. The normalized spacial score (nSPS) is 11.0. The third kappa shape index (κ3) is 64.9. The molecule has 0 bridgehead atoms. The van der Waals surface area contributed by atoms with Crippen LogP contribution in [0.5, 0.6) is 0 Å². The molecule has 0 atom stereocenters. The van der Waals surface area contributed by atoms with Crippen LogP contribution in [0, 0.1) is 0 Å². The molecule has 0 fully saturated rings. The van der Waals surface area contributed by atoms with E-state index < -0.39 is 11.9 Å². The number of carboxylic acid groups (broad SMARTS) is 2. The average molecular weight is 857 g/mol. The Hall–Kier alpha value is -0.437. The molecule has 0 aliphatic carbocycles. The molecule has 0 aliphatic heterocycles. The summed E-state index contributed by atoms with van der Waals surface area (Å²) in [5.41, 5.74) is 0. The molecule has 336 valence electrons. The molecular formula is C52H102O4Zn. The predicted octanol–water partition coefficient (Wildman–Crippen LogP) is 16.2. The third-order valence-electron chi connectivity index (χ3n) is 12.0. The van der Waals surface area contributed by atoms with Crippen LogP contribution < -0.4 is 10.2 Å². The minimum absolute atomic E-state index is 0. The van der Waals surface area contributed by atoms with Crippen LogP contribution in [-0.4, -0.2) is 11.9 Å². The van der Waals surface area contributed by atoms with Crippen molar-refractivity contribution in [2.75, 3.05) is 0 Å². The molecule has 4 nitrogen and oxygen atoms in total. The largest absolute Gasteiger partial charge is 2.00 e. The smallest absolute Gasteiger partial charge is 0.550 e. The van der Waals surface area contributed by atoms with Gasteiger partial charge in [-0.3, -0.25) is 0 Å². The minimum Gasteiger partial charge on any atom is -0.550 e. The van der Waals surface area contributed by atoms with E-state index in [0.717, 1.165) is 25.7 Å². The van der Waals surface area contributed by atoms with Gasteiger partial charge < -0.3 is 19.8 Å². The number of carboxylic acids is 2. The molecule has 0 N–H and O–H groups in total. The number of unbranched alkanes of at least 4 members (excludes halogenated alkanes) is 44. The Morgan fingerprint density at radius 3 is 0.439 bits per heavy atom. The monoisotopic (exact) mass is 855 g/mol. The zero-order valence-corrected chi connectivity index (χ0v) is 42.2. The van der Waals surface area contributed by atoms with Crippen LogP contribution in [0.25, 0.3) is 0 Å². The van der Waals surface area contributed by atoms with Crippen LogP contribution >= 0.6 is 0 Å². The molecule has 0 heterocycles. The SMILES string of the molecule is CCCCCCCCCCCCCCCCCCCCCCCCCC(=O)[O-].CCCCCCCCCCCCCCCCCCCCCCCCCC(=O)[O-].[Zn+2]. The van der Waals surface area contributed by atoms with Gasteiger partial charge in [-0.25, -0.2) is 0 Å². The van der Waals surface area contributed by atoms with E-state index >= 15 is 0 Å². The Kier molecular flexibility index (Phi) is 61.6. The quantitative estimate of drug-likeness (QED) is 0.0451. The van der Waals surface area contributed by atoms with Gasteiger partial charge >= 0.3 is 19.5 Å². The van der Waals surface area contributed by atoms with Crippen LogP contribution in [0.1, 0.15) is 322 Å². The molecule has 0 unspecified atom stereocenters. The van der Waals surface area contributed by atoms with Gasteiger partial charge in [-0.05, 0) is 25.7 Å². The summed E-state index contributed by atoms with van der Waals surface area (Å²) < 4.78 is 0. The first-order valence-electron chi connectivity index (χ1n) is 25.9. The summed E-state index contributed by atoms with van der Waals surface area (Å²) in [6.45, 7) is 4.58. The van der Waals surface area contributed by atoms with Gasteiger partial charge in [-0.15, -0.1) is 0 Å². The van der Waals surface area contributed by atoms with Gasteiger partial charge in [0.25, 0.3) is 0 Å². The van der Waals surface area contributed by atoms with E-state index in [9.17, 15) is 19.8 Å². The van der Waals surface area contributed by atoms with Crippen molar-refractivity contribution in [1.29, 1.82) is 0 Å². The van der Waals surface area contributed by atoms with Gasteiger partial charge in [0.2, 0.25) is 0 Å². The zero-order chi connectivity index (χ0) is 41.1. The molecule has 0 saturated heterocycles. The molecule has 0 amide bonds. The molecule has 0 radical (unpaired) electrons. The van der Waals surface area contributed by atoms with E-state index in [1.165, 1.54) is 270 Å². The Labute approximate surface area is 371 Å². The fourth-order valence-electron chi connectivity index (χ4n) is 8.11. The molecule has 0 aromatic rings. The molecule has 0 aliphatic rings. The molecule has 0 rings (SSSR count). The van der Waals surface area contributed by atoms with E-state index in [0.29, 0.717) is 0 Å². The number of rotatable bonds is 48. The fraction of sp³-hybridized carbons (Fsp3) is 0.962. The summed E-state index contributed by atoms with van der Waals surface area (Å²) in [6.07, 6.45) is 63.3. The van der Waals surface area contributed by atoms with Crippen LogP contribution in [0.3, 0.4) is 0 Å². The van der Waals surface area contributed by atoms with Gasteiger partial charge in [0.15, 0.2) is 0 Å². The van der Waals surface area contributed by atoms with Crippen molar-refractivity contribution in [2.24, 2.45) is 0 Å². The Morgan fingerprint density at radius 2 is 0.333 bits per heavy atom. The third-order valence-corrected chi connectivity index (χ3v) is 12.0. The van der Waals surface area contributed by atoms with E-state index in [1.807, 2.05) is 0 Å². The molecule has 0 saturated carbocycles. The summed E-state index contributed by atoms with van der Waals surface area (Å²) in [5.74, 6) is -1.80. The first kappa shape index (κ1) is 60.9. The van der Waals surface area contributed by atoms with E-state index in [-0.39, 0.29) is 32.3 Å². The number of carbonyl (C=O) groups excluding carboxylic acids is 2. The zero-order valence-electron chi connectivity index (χ0n) is 39.3. The summed E-state index contributed by atoms with van der Waals surface area (Å²) in [4.78, 5) is 20.6. The molecule has 57 heavy (non-hydrogen) atoms. The Bertz CT molecular complexity index is 669. The van der Waals surface area contributed by atoms with Crippen molar-refractivity contribution in [3.8, 4) is 0 Å². The predicted molar refractivity (Wildman–Crippen MR) is 243 cm³/mol. The number of carbonyl (C=O) groups is 2. The summed E-state index contributed by atoms with van der Waals surface area (Å²) in [5, 5.41) is 20.6. The van der Waals surface area contributed by atoms with Crippen LogP contribution in [-0.2, 0) is 29.1 Å². The van der Waals surface area contributed by atoms with Gasteiger partial charge in [0.05, 0.1) is 0 Å². The van der Waals surface area contributed by atoms with Crippen molar-refractivity contribution in [2.45, 2.75) is 322 Å². The van der Waals surface area contributed by atoms with Gasteiger partial charge in [0, 0.05) is 11.9 Å². The number of hydrogen-bond donors (Lipinski definition) is 0. The molecule has 5 heteroatoms. The summed E-state index contributed by atoms with van der Waals surface area (Å²) >= 11 is 0. The second-order valence-electron chi connectivity index (χ2n) is 17.8. The van der Waals surface area contributed by atoms with Crippen LogP contribution in [0.2, 0.25) is 0 Å². The van der Waals surface area contributed by atoms with Crippen molar-refractivity contribution in [3.63, 3.8) is 0 Å². The Balaban J connectivity index is -0.00000101. The summed E-state index contributed by atoms with van der Waals surface area (Å²) in [7, 11) is 0. The standard InChI is InChI=1S/2C26H52O2.Zn/c2*1-2-3-4-5-6-7-8-9-10-11-12-13-14-15-16-17-18-19-20-21-22-23-24-25-26(27)28;/h2*2-25H2,1H3,(H,27,28);/q;;+2/p-2. The van der Waals surface area contributed by atoms with Crippen molar-refractivity contribution >= 4 is 11.9 Å². The molecule has 0 aromatic heterocycles. The van der Waals surface area contributed by atoms with Crippen LogP contribution in [0.15, 0.2) is 0 Å². The first-order chi connectivity index (χ1) is 27.5. The fourth-order valence-corrected chi connectivity index (χ4v) is 8.11. The van der Waals surface area contributed by atoms with Gasteiger partial charge in [0.1, 0.15) is 0 Å². The second-order valence-corrected chi connectivity index (χ2v) is 17.8. The minimum atomic E-state index is -0.900. The van der Waals surface area contributed by atoms with Crippen molar-refractivity contribution in [3.05, 3.63) is 0 Å². The maximum absolute atomic E-state index is 10.3. The van der Waals surface area contributed by atoms with E-state index in [2.05, 4.69) is 13.8 Å². The van der Waals surface area contributed by atoms with Crippen molar-refractivity contribution < 1.29 is 39.3 Å². The van der Waals surface area contributed by atoms with Gasteiger partial charge in [-0.2, -0.15) is 0 Å². The second kappa shape index (κ2) is 57.7. The van der Waals surface area contributed by atoms with E-state index in [1.54, 1.807) is 0 Å². The first-order valence-corrected chi connectivity index (χ1v) is 25.9. The summed E-state index contributed by atoms with van der Waals surface area (Å²) in [6, 6.07) is 0. The molecular weight excluding hydrogens is 754 g/mol. The maximum Gasteiger partial charge on any atom is 2.00 e. The van der Waals surface area contributed by atoms with E-state index in [4.69, 9.17) is 0 Å². The Morgan fingerprint density at radius 1 is 0.228 bits per heavy atom. The number of hydrogen-bond acceptors (Lipinski definition) is 4. The molecule has 0 spiro atoms. The maximum atomic E-state index is 10.3. The van der Waals surface area contributed by atoms with Crippen molar-refractivity contribution in [1.82, 2.24) is 0 Å². The van der Waals surface area contributed by atoms with Gasteiger partial charge in [-0.1, -0.05) is 296 Å². The number of aliphatic carboxylic acids is 2. The van der Waals surface area contributed by atoms with Crippen LogP contribution in [0.4, 0.5) is 0 Å². The molecule has 0 aromatic carbocycles. The topological polar surface area (TPSA) is 80.3 Å².